The number of nitriles is 1. The van der Waals surface area contributed by atoms with Gasteiger partial charge >= 0.3 is 5.97 Å². The van der Waals surface area contributed by atoms with E-state index < -0.39 is 11.5 Å². The molecule has 9 heteroatoms. The number of ether oxygens (including phenoxy) is 1. The predicted molar refractivity (Wildman–Crippen MR) is 127 cm³/mol. The van der Waals surface area contributed by atoms with Crippen LogP contribution in [0.1, 0.15) is 17.8 Å². The molecule has 2 aromatic carbocycles. The van der Waals surface area contributed by atoms with Gasteiger partial charge in [-0.1, -0.05) is 41.9 Å². The van der Waals surface area contributed by atoms with Gasteiger partial charge in [0.15, 0.2) is 0 Å². The summed E-state index contributed by atoms with van der Waals surface area (Å²) in [5.74, 6) is -0.124. The van der Waals surface area contributed by atoms with Gasteiger partial charge in [0.2, 0.25) is 0 Å². The van der Waals surface area contributed by atoms with Crippen LogP contribution in [0.2, 0.25) is 5.02 Å². The fraction of sp³-hybridized carbons (Fsp3) is 0.160. The summed E-state index contributed by atoms with van der Waals surface area (Å²) < 4.78 is 7.38. The summed E-state index contributed by atoms with van der Waals surface area (Å²) in [7, 11) is 0. The zero-order valence-corrected chi connectivity index (χ0v) is 18.7. The van der Waals surface area contributed by atoms with Crippen LogP contribution in [0.25, 0.3) is 22.0 Å². The maximum absolute atomic E-state index is 13.3. The van der Waals surface area contributed by atoms with Gasteiger partial charge in [-0.15, -0.1) is 0 Å². The molecule has 0 amide bonds. The minimum Gasteiger partial charge on any atom is -0.491 e. The second-order valence-electron chi connectivity index (χ2n) is 7.43. The summed E-state index contributed by atoms with van der Waals surface area (Å²) in [6.07, 6.45) is 2.55. The van der Waals surface area contributed by atoms with Crippen molar-refractivity contribution in [1.82, 2.24) is 14.5 Å². The molecular formula is C25H19ClN4O4. The van der Waals surface area contributed by atoms with E-state index in [1.807, 2.05) is 36.4 Å². The highest BCUT2D eigenvalue weighted by molar-refractivity contribution is 6.31. The van der Waals surface area contributed by atoms with Crippen molar-refractivity contribution in [3.8, 4) is 22.9 Å². The Morgan fingerprint density at radius 1 is 1.18 bits per heavy atom. The molecule has 170 valence electrons. The van der Waals surface area contributed by atoms with Crippen molar-refractivity contribution in [3.05, 3.63) is 87.7 Å². The second kappa shape index (κ2) is 10.1. The number of hydrogen-bond donors (Lipinski definition) is 1. The first-order valence-corrected chi connectivity index (χ1v) is 10.8. The fourth-order valence-electron chi connectivity index (χ4n) is 3.65. The van der Waals surface area contributed by atoms with Crippen molar-refractivity contribution < 1.29 is 14.6 Å². The van der Waals surface area contributed by atoms with E-state index in [1.165, 1.54) is 17.0 Å². The van der Waals surface area contributed by atoms with Crippen molar-refractivity contribution in [2.24, 2.45) is 0 Å². The Bertz CT molecular complexity index is 1460. The number of carboxylic acids is 1. The monoisotopic (exact) mass is 474 g/mol. The summed E-state index contributed by atoms with van der Waals surface area (Å²) in [4.78, 5) is 32.8. The van der Waals surface area contributed by atoms with Crippen LogP contribution in [0.15, 0.2) is 65.7 Å². The van der Waals surface area contributed by atoms with Crippen molar-refractivity contribution in [2.45, 2.75) is 19.4 Å². The third-order valence-electron chi connectivity index (χ3n) is 5.23. The molecule has 4 rings (SSSR count). The molecule has 2 heterocycles. The SMILES string of the molecule is N#Cc1cncc2nc(CCC(=O)O)n(CCOc3ccc(Cl)cc3-c3ccccc3)c(=O)c12. The van der Waals surface area contributed by atoms with E-state index in [9.17, 15) is 14.9 Å². The molecule has 0 bridgehead atoms. The lowest BCUT2D eigenvalue weighted by Crippen LogP contribution is -2.29. The third kappa shape index (κ3) is 4.90. The zero-order valence-electron chi connectivity index (χ0n) is 17.9. The van der Waals surface area contributed by atoms with Crippen LogP contribution >= 0.6 is 11.6 Å². The van der Waals surface area contributed by atoms with E-state index in [2.05, 4.69) is 9.97 Å². The Balaban J connectivity index is 1.67. The molecule has 34 heavy (non-hydrogen) atoms. The van der Waals surface area contributed by atoms with E-state index in [-0.39, 0.29) is 42.5 Å². The number of aliphatic carboxylic acids is 1. The topological polar surface area (TPSA) is 118 Å². The highest BCUT2D eigenvalue weighted by Gasteiger charge is 2.16. The number of hydrogen-bond acceptors (Lipinski definition) is 6. The Morgan fingerprint density at radius 3 is 2.71 bits per heavy atom. The molecule has 0 aliphatic rings. The number of carbonyl (C=O) groups is 1. The first-order valence-electron chi connectivity index (χ1n) is 10.4. The van der Waals surface area contributed by atoms with Gasteiger partial charge in [-0.25, -0.2) is 4.98 Å². The van der Waals surface area contributed by atoms with E-state index in [1.54, 1.807) is 18.2 Å². The van der Waals surface area contributed by atoms with Gasteiger partial charge in [0, 0.05) is 23.2 Å². The number of fused-ring (bicyclic) bond motifs is 1. The molecule has 0 radical (unpaired) electrons. The van der Waals surface area contributed by atoms with Crippen LogP contribution in [0.4, 0.5) is 0 Å². The van der Waals surface area contributed by atoms with E-state index in [0.717, 1.165) is 11.1 Å². The normalized spacial score (nSPS) is 10.7. The van der Waals surface area contributed by atoms with Gasteiger partial charge in [-0.2, -0.15) is 5.26 Å². The minimum atomic E-state index is -1.00. The lowest BCUT2D eigenvalue weighted by Gasteiger charge is -2.16. The number of benzene rings is 2. The van der Waals surface area contributed by atoms with Gasteiger partial charge in [-0.3, -0.25) is 19.1 Å². The second-order valence-corrected chi connectivity index (χ2v) is 7.86. The van der Waals surface area contributed by atoms with Crippen molar-refractivity contribution in [2.75, 3.05) is 6.61 Å². The summed E-state index contributed by atoms with van der Waals surface area (Å²) in [6.45, 7) is 0.225. The molecule has 0 unspecified atom stereocenters. The predicted octanol–water partition coefficient (Wildman–Crippen LogP) is 4.08. The summed E-state index contributed by atoms with van der Waals surface area (Å²) >= 11 is 6.19. The number of rotatable bonds is 8. The van der Waals surface area contributed by atoms with Gasteiger partial charge < -0.3 is 9.84 Å². The van der Waals surface area contributed by atoms with Crippen LogP contribution < -0.4 is 10.3 Å². The maximum atomic E-state index is 13.3. The Labute approximate surface area is 199 Å². The molecule has 4 aromatic rings. The highest BCUT2D eigenvalue weighted by Crippen LogP contribution is 2.32. The number of pyridine rings is 1. The third-order valence-corrected chi connectivity index (χ3v) is 5.46. The van der Waals surface area contributed by atoms with E-state index in [0.29, 0.717) is 16.6 Å². The molecule has 2 aromatic heterocycles. The number of nitrogens with zero attached hydrogens (tertiary/aromatic N) is 4. The number of carboxylic acid groups (broad SMARTS) is 1. The van der Waals surface area contributed by atoms with E-state index >= 15 is 0 Å². The van der Waals surface area contributed by atoms with Gasteiger partial charge in [0.25, 0.3) is 5.56 Å². The molecule has 0 saturated carbocycles. The van der Waals surface area contributed by atoms with Crippen LogP contribution in [-0.2, 0) is 17.8 Å². The van der Waals surface area contributed by atoms with Crippen LogP contribution in [-0.4, -0.2) is 32.2 Å². The average molecular weight is 475 g/mol. The first-order chi connectivity index (χ1) is 16.5. The molecular weight excluding hydrogens is 456 g/mol. The Kier molecular flexibility index (Phi) is 6.85. The molecule has 0 fully saturated rings. The standard InChI is InChI=1S/C25H19ClN4O4/c26-18-6-7-21(19(12-18)16-4-2-1-3-5-16)34-11-10-30-22(8-9-23(31)32)29-20-15-28-14-17(13-27)24(20)25(30)33/h1-7,12,14-15H,8-11H2,(H,31,32). The minimum absolute atomic E-state index is 0.0491. The molecule has 0 aliphatic heterocycles. The lowest BCUT2D eigenvalue weighted by atomic mass is 10.0. The average Bonchev–Trinajstić information content (AvgIpc) is 2.85. The largest absolute Gasteiger partial charge is 0.491 e. The Hall–Kier alpha value is -4.22. The molecule has 0 atom stereocenters. The fourth-order valence-corrected chi connectivity index (χ4v) is 3.83. The molecule has 0 spiro atoms. The summed E-state index contributed by atoms with van der Waals surface area (Å²) in [5, 5.41) is 19.2. The molecule has 1 N–H and O–H groups in total. The summed E-state index contributed by atoms with van der Waals surface area (Å²) in [6, 6.07) is 16.9. The van der Waals surface area contributed by atoms with E-state index in [4.69, 9.17) is 21.4 Å². The lowest BCUT2D eigenvalue weighted by molar-refractivity contribution is -0.137. The van der Waals surface area contributed by atoms with Crippen molar-refractivity contribution in [1.29, 1.82) is 5.26 Å². The smallest absolute Gasteiger partial charge is 0.303 e. The number of aryl methyl sites for hydroxylation is 1. The van der Waals surface area contributed by atoms with Crippen molar-refractivity contribution >= 4 is 28.5 Å². The van der Waals surface area contributed by atoms with Crippen LogP contribution in [0, 0.1) is 11.3 Å². The van der Waals surface area contributed by atoms with Gasteiger partial charge in [-0.05, 0) is 23.8 Å². The number of halogens is 1. The highest BCUT2D eigenvalue weighted by atomic mass is 35.5. The first kappa shape index (κ1) is 23.0. The van der Waals surface area contributed by atoms with Crippen LogP contribution in [0.3, 0.4) is 0 Å². The molecule has 0 saturated heterocycles. The van der Waals surface area contributed by atoms with Crippen molar-refractivity contribution in [3.63, 3.8) is 0 Å². The molecule has 8 nitrogen and oxygen atoms in total. The maximum Gasteiger partial charge on any atom is 0.303 e. The zero-order chi connectivity index (χ0) is 24.1. The summed E-state index contributed by atoms with van der Waals surface area (Å²) in [5.41, 5.74) is 1.66. The Morgan fingerprint density at radius 2 is 1.97 bits per heavy atom. The molecule has 0 aliphatic carbocycles. The quantitative estimate of drug-likeness (QED) is 0.408. The van der Waals surface area contributed by atoms with Crippen LogP contribution in [0.5, 0.6) is 5.75 Å². The van der Waals surface area contributed by atoms with Gasteiger partial charge in [0.1, 0.15) is 24.3 Å². The number of aromatic nitrogens is 3. The van der Waals surface area contributed by atoms with Gasteiger partial charge in [0.05, 0.1) is 35.6 Å².